The number of ether oxygens (including phenoxy) is 2. The molecule has 0 saturated carbocycles. The molecule has 148 valence electrons. The Morgan fingerprint density at radius 3 is 2.62 bits per heavy atom. The van der Waals surface area contributed by atoms with Crippen molar-refractivity contribution in [3.05, 3.63) is 28.8 Å². The number of halogens is 4. The van der Waals surface area contributed by atoms with Crippen LogP contribution in [0.1, 0.15) is 19.4 Å². The summed E-state index contributed by atoms with van der Waals surface area (Å²) in [4.78, 5) is 15.7. The average Bonchev–Trinajstić information content (AvgIpc) is 2.57. The van der Waals surface area contributed by atoms with Crippen LogP contribution in [0.3, 0.4) is 0 Å². The van der Waals surface area contributed by atoms with E-state index >= 15 is 0 Å². The van der Waals surface area contributed by atoms with Crippen LogP contribution < -0.4 is 15.4 Å². The normalized spacial score (nSPS) is 12.2. The Morgan fingerprint density at radius 1 is 1.35 bits per heavy atom. The largest absolute Gasteiger partial charge is 0.469 e. The molecular formula is C16H23ClF2IN3O3. The number of carbonyl (C=O) groups excluding carboxylic acids is 1. The molecule has 1 aromatic rings. The highest BCUT2D eigenvalue weighted by atomic mass is 127. The third-order valence-electron chi connectivity index (χ3n) is 3.17. The summed E-state index contributed by atoms with van der Waals surface area (Å²) < 4.78 is 34.1. The lowest BCUT2D eigenvalue weighted by Gasteiger charge is -2.15. The number of benzene rings is 1. The van der Waals surface area contributed by atoms with Crippen molar-refractivity contribution in [2.24, 2.45) is 10.9 Å². The van der Waals surface area contributed by atoms with Crippen LogP contribution in [0.15, 0.2) is 23.2 Å². The van der Waals surface area contributed by atoms with E-state index in [0.717, 1.165) is 0 Å². The number of alkyl halides is 2. The van der Waals surface area contributed by atoms with Crippen molar-refractivity contribution in [1.29, 1.82) is 0 Å². The predicted molar refractivity (Wildman–Crippen MR) is 107 cm³/mol. The minimum Gasteiger partial charge on any atom is -0.469 e. The fourth-order valence-corrected chi connectivity index (χ4v) is 2.12. The van der Waals surface area contributed by atoms with Crippen molar-refractivity contribution in [2.45, 2.75) is 27.0 Å². The number of esters is 1. The van der Waals surface area contributed by atoms with Gasteiger partial charge in [-0.15, -0.1) is 24.0 Å². The highest BCUT2D eigenvalue weighted by Crippen LogP contribution is 2.25. The smallest absolute Gasteiger partial charge is 0.387 e. The van der Waals surface area contributed by atoms with Gasteiger partial charge in [0.25, 0.3) is 0 Å². The van der Waals surface area contributed by atoms with Gasteiger partial charge >= 0.3 is 12.6 Å². The summed E-state index contributed by atoms with van der Waals surface area (Å²) in [7, 11) is 1.32. The van der Waals surface area contributed by atoms with E-state index in [4.69, 9.17) is 11.6 Å². The van der Waals surface area contributed by atoms with E-state index < -0.39 is 6.61 Å². The predicted octanol–water partition coefficient (Wildman–Crippen LogP) is 3.42. The molecule has 10 heteroatoms. The van der Waals surface area contributed by atoms with Crippen LogP contribution >= 0.6 is 35.6 Å². The first-order valence-corrected chi connectivity index (χ1v) is 8.08. The molecule has 1 aromatic carbocycles. The second kappa shape index (κ2) is 12.9. The lowest BCUT2D eigenvalue weighted by Crippen LogP contribution is -2.40. The van der Waals surface area contributed by atoms with E-state index in [-0.39, 0.29) is 48.2 Å². The fraction of sp³-hybridized carbons (Fsp3) is 0.500. The Bertz CT molecular complexity index is 606. The molecule has 0 saturated heterocycles. The Labute approximate surface area is 173 Å². The molecule has 0 aliphatic heterocycles. The van der Waals surface area contributed by atoms with Gasteiger partial charge in [-0.05, 0) is 25.1 Å². The van der Waals surface area contributed by atoms with Gasteiger partial charge in [-0.1, -0.05) is 18.5 Å². The maximum atomic E-state index is 12.5. The molecule has 0 aliphatic rings. The third kappa shape index (κ3) is 8.84. The standard InChI is InChI=1S/C16H22ClF2N3O3.HI/c1-4-20-16(21-8-10(2)14(23)24-3)22-9-11-7-12(17)5-6-13(11)25-15(18)19;/h5-7,10,15H,4,8-9H2,1-3H3,(H2,20,21,22);1H. The van der Waals surface area contributed by atoms with Crippen molar-refractivity contribution in [3.8, 4) is 5.75 Å². The van der Waals surface area contributed by atoms with Crippen molar-refractivity contribution < 1.29 is 23.0 Å². The second-order valence-electron chi connectivity index (χ2n) is 5.13. The second-order valence-corrected chi connectivity index (χ2v) is 5.57. The number of nitrogens with zero attached hydrogens (tertiary/aromatic N) is 1. The van der Waals surface area contributed by atoms with Crippen LogP contribution in [0.5, 0.6) is 5.75 Å². The number of rotatable bonds is 8. The molecule has 0 aliphatic carbocycles. The molecule has 0 heterocycles. The molecule has 1 rings (SSSR count). The van der Waals surface area contributed by atoms with Gasteiger partial charge in [-0.2, -0.15) is 8.78 Å². The Balaban J connectivity index is 0.00000625. The highest BCUT2D eigenvalue weighted by molar-refractivity contribution is 14.0. The summed E-state index contributed by atoms with van der Waals surface area (Å²) in [6.07, 6.45) is 0. The topological polar surface area (TPSA) is 72.0 Å². The van der Waals surface area contributed by atoms with Crippen molar-refractivity contribution in [1.82, 2.24) is 10.6 Å². The van der Waals surface area contributed by atoms with Gasteiger partial charge in [0.2, 0.25) is 0 Å². The minimum atomic E-state index is -2.93. The molecule has 0 aromatic heterocycles. The number of nitrogens with one attached hydrogen (secondary N) is 2. The number of hydrogen-bond acceptors (Lipinski definition) is 4. The van der Waals surface area contributed by atoms with Crippen LogP contribution in [0.2, 0.25) is 5.02 Å². The molecule has 2 N–H and O–H groups in total. The zero-order chi connectivity index (χ0) is 18.8. The van der Waals surface area contributed by atoms with Crippen molar-refractivity contribution in [3.63, 3.8) is 0 Å². The van der Waals surface area contributed by atoms with E-state index in [1.807, 2.05) is 6.92 Å². The van der Waals surface area contributed by atoms with Crippen molar-refractivity contribution >= 4 is 47.5 Å². The molecule has 26 heavy (non-hydrogen) atoms. The molecule has 0 amide bonds. The first-order valence-electron chi connectivity index (χ1n) is 7.70. The highest BCUT2D eigenvalue weighted by Gasteiger charge is 2.14. The first kappa shape index (κ1) is 24.6. The number of guanidine groups is 1. The zero-order valence-corrected chi connectivity index (χ0v) is 17.8. The summed E-state index contributed by atoms with van der Waals surface area (Å²) in [5.74, 6) is -0.258. The van der Waals surface area contributed by atoms with Crippen LogP contribution in [0, 0.1) is 5.92 Å². The van der Waals surface area contributed by atoms with Gasteiger partial charge in [0.15, 0.2) is 5.96 Å². The van der Waals surface area contributed by atoms with Gasteiger partial charge in [0.1, 0.15) is 5.75 Å². The lowest BCUT2D eigenvalue weighted by atomic mass is 10.2. The molecular weight excluding hydrogens is 483 g/mol. The molecule has 1 atom stereocenters. The van der Waals surface area contributed by atoms with Gasteiger partial charge in [-0.3, -0.25) is 4.79 Å². The summed E-state index contributed by atoms with van der Waals surface area (Å²) in [5, 5.41) is 6.39. The van der Waals surface area contributed by atoms with Gasteiger partial charge in [0.05, 0.1) is 19.6 Å². The van der Waals surface area contributed by atoms with Gasteiger partial charge in [-0.25, -0.2) is 4.99 Å². The van der Waals surface area contributed by atoms with Gasteiger partial charge in [0, 0.05) is 23.7 Å². The zero-order valence-electron chi connectivity index (χ0n) is 14.7. The van der Waals surface area contributed by atoms with E-state index in [2.05, 4.69) is 25.1 Å². The number of methoxy groups -OCH3 is 1. The van der Waals surface area contributed by atoms with E-state index in [1.54, 1.807) is 6.92 Å². The van der Waals surface area contributed by atoms with E-state index in [9.17, 15) is 13.6 Å². The first-order chi connectivity index (χ1) is 11.9. The van der Waals surface area contributed by atoms with E-state index in [1.165, 1.54) is 25.3 Å². The summed E-state index contributed by atoms with van der Waals surface area (Å²) in [6.45, 7) is 1.64. The molecule has 1 unspecified atom stereocenters. The Morgan fingerprint density at radius 2 is 2.04 bits per heavy atom. The van der Waals surface area contributed by atoms with Crippen LogP contribution in [-0.2, 0) is 16.1 Å². The summed E-state index contributed by atoms with van der Waals surface area (Å²) in [5.41, 5.74) is 0.422. The minimum absolute atomic E-state index is 0. The van der Waals surface area contributed by atoms with Crippen LogP contribution in [-0.4, -0.2) is 38.7 Å². The molecule has 0 radical (unpaired) electrons. The van der Waals surface area contributed by atoms with E-state index in [0.29, 0.717) is 29.6 Å². The average molecular weight is 506 g/mol. The monoisotopic (exact) mass is 505 g/mol. The van der Waals surface area contributed by atoms with Crippen molar-refractivity contribution in [2.75, 3.05) is 20.2 Å². The van der Waals surface area contributed by atoms with Crippen LogP contribution in [0.4, 0.5) is 8.78 Å². The molecule has 6 nitrogen and oxygen atoms in total. The fourth-order valence-electron chi connectivity index (χ4n) is 1.92. The quantitative estimate of drug-likeness (QED) is 0.245. The Hall–Kier alpha value is -1.36. The van der Waals surface area contributed by atoms with Gasteiger partial charge < -0.3 is 20.1 Å². The molecule has 0 spiro atoms. The maximum Gasteiger partial charge on any atom is 0.387 e. The Kier molecular flexibility index (Phi) is 12.2. The summed E-state index contributed by atoms with van der Waals surface area (Å²) in [6, 6.07) is 4.36. The number of carbonyl (C=O) groups is 1. The molecule has 0 fully saturated rings. The maximum absolute atomic E-state index is 12.5. The summed E-state index contributed by atoms with van der Waals surface area (Å²) >= 11 is 5.91. The number of aliphatic imine (C=N–C) groups is 1. The SMILES string of the molecule is CCNC(=NCc1cc(Cl)ccc1OC(F)F)NCC(C)C(=O)OC.I. The van der Waals surface area contributed by atoms with Crippen LogP contribution in [0.25, 0.3) is 0 Å². The lowest BCUT2D eigenvalue weighted by molar-refractivity contribution is -0.144. The third-order valence-corrected chi connectivity index (χ3v) is 3.40. The number of hydrogen-bond donors (Lipinski definition) is 2. The molecule has 0 bridgehead atoms.